The molecule has 0 unspecified atom stereocenters. The van der Waals surface area contributed by atoms with Crippen LogP contribution in [0.25, 0.3) is 0 Å². The van der Waals surface area contributed by atoms with E-state index in [2.05, 4.69) is 10.4 Å². The van der Waals surface area contributed by atoms with Crippen molar-refractivity contribution in [1.29, 1.82) is 0 Å². The van der Waals surface area contributed by atoms with E-state index in [1.807, 2.05) is 48.9 Å². The molecule has 1 aromatic carbocycles. The van der Waals surface area contributed by atoms with E-state index in [0.29, 0.717) is 25.9 Å². The van der Waals surface area contributed by atoms with Gasteiger partial charge >= 0.3 is 5.97 Å². The van der Waals surface area contributed by atoms with Crippen molar-refractivity contribution in [3.63, 3.8) is 0 Å². The second-order valence-electron chi connectivity index (χ2n) is 6.54. The third-order valence-electron chi connectivity index (χ3n) is 4.73. The number of aromatic nitrogens is 2. The number of rotatable bonds is 6. The third-order valence-corrected chi connectivity index (χ3v) is 4.73. The van der Waals surface area contributed by atoms with Gasteiger partial charge in [-0.15, -0.1) is 0 Å². The van der Waals surface area contributed by atoms with Crippen molar-refractivity contribution in [2.45, 2.75) is 52.0 Å². The number of nitrogens with one attached hydrogen (secondary N) is 1. The summed E-state index contributed by atoms with van der Waals surface area (Å²) in [6.07, 6.45) is -0.798. The molecule has 7 heteroatoms. The van der Waals surface area contributed by atoms with Crippen molar-refractivity contribution in [2.24, 2.45) is 0 Å². The summed E-state index contributed by atoms with van der Waals surface area (Å²) in [6.45, 7) is 4.93. The van der Waals surface area contributed by atoms with Gasteiger partial charge in [0.1, 0.15) is 6.10 Å². The Morgan fingerprint density at radius 1 is 1.23 bits per heavy atom. The summed E-state index contributed by atoms with van der Waals surface area (Å²) in [7, 11) is 0. The lowest BCUT2D eigenvalue weighted by molar-refractivity contribution is -0.151. The summed E-state index contributed by atoms with van der Waals surface area (Å²) in [5.41, 5.74) is 4.01. The number of hydrogen-bond donors (Lipinski definition) is 2. The molecule has 1 amide bonds. The number of carboxylic acid groups (broad SMARTS) is 1. The standard InChI is InChI=1S/C19H23N3O4/c1-12-15(10-20-18(23)16-8-9-17(26-16)19(24)25)13(2)22(21-12)11-14-6-4-3-5-7-14/h3-7,16-17H,8-11H2,1-2H3,(H,20,23)(H,24,25)/t16-,17+/m0/s1. The molecule has 0 radical (unpaired) electrons. The third kappa shape index (κ3) is 3.94. The van der Waals surface area contributed by atoms with Crippen LogP contribution in [0.5, 0.6) is 0 Å². The van der Waals surface area contributed by atoms with Crippen molar-refractivity contribution < 1.29 is 19.4 Å². The highest BCUT2D eigenvalue weighted by Crippen LogP contribution is 2.20. The molecule has 2 atom stereocenters. The summed E-state index contributed by atoms with van der Waals surface area (Å²) >= 11 is 0. The minimum absolute atomic E-state index is 0.275. The summed E-state index contributed by atoms with van der Waals surface area (Å²) < 4.78 is 7.21. The van der Waals surface area contributed by atoms with Crippen molar-refractivity contribution in [1.82, 2.24) is 15.1 Å². The zero-order valence-electron chi connectivity index (χ0n) is 14.9. The molecule has 7 nitrogen and oxygen atoms in total. The van der Waals surface area contributed by atoms with Crippen LogP contribution in [0.4, 0.5) is 0 Å². The van der Waals surface area contributed by atoms with E-state index in [4.69, 9.17) is 9.84 Å². The Labute approximate surface area is 152 Å². The zero-order valence-corrected chi connectivity index (χ0v) is 14.9. The fraction of sp³-hybridized carbons (Fsp3) is 0.421. The number of ether oxygens (including phenoxy) is 1. The topological polar surface area (TPSA) is 93.5 Å². The van der Waals surface area contributed by atoms with Gasteiger partial charge in [0.05, 0.1) is 12.2 Å². The summed E-state index contributed by atoms with van der Waals surface area (Å²) in [5, 5.41) is 16.4. The normalized spacial score (nSPS) is 19.5. The Hall–Kier alpha value is -2.67. The van der Waals surface area contributed by atoms with Crippen molar-refractivity contribution in [2.75, 3.05) is 0 Å². The monoisotopic (exact) mass is 357 g/mol. The number of benzene rings is 1. The lowest BCUT2D eigenvalue weighted by Crippen LogP contribution is -2.35. The van der Waals surface area contributed by atoms with Gasteiger partial charge in [0.25, 0.3) is 0 Å². The molecule has 2 N–H and O–H groups in total. The van der Waals surface area contributed by atoms with Crippen LogP contribution in [0.3, 0.4) is 0 Å². The Morgan fingerprint density at radius 2 is 1.92 bits per heavy atom. The van der Waals surface area contributed by atoms with Crippen LogP contribution in [-0.4, -0.2) is 39.0 Å². The Morgan fingerprint density at radius 3 is 2.58 bits per heavy atom. The number of aryl methyl sites for hydroxylation is 1. The molecule has 1 aliphatic rings. The molecule has 0 saturated carbocycles. The highest BCUT2D eigenvalue weighted by Gasteiger charge is 2.34. The van der Waals surface area contributed by atoms with E-state index in [-0.39, 0.29) is 5.91 Å². The van der Waals surface area contributed by atoms with Gasteiger partial charge in [-0.05, 0) is 32.3 Å². The number of carbonyl (C=O) groups is 2. The van der Waals surface area contributed by atoms with Gasteiger partial charge in [0, 0.05) is 17.8 Å². The predicted octanol–water partition coefficient (Wildman–Crippen LogP) is 1.80. The zero-order chi connectivity index (χ0) is 18.7. The molecular formula is C19H23N3O4. The smallest absolute Gasteiger partial charge is 0.332 e. The summed E-state index contributed by atoms with van der Waals surface area (Å²) in [5.74, 6) is -1.29. The second-order valence-corrected chi connectivity index (χ2v) is 6.54. The molecule has 1 saturated heterocycles. The molecule has 1 aromatic heterocycles. The van der Waals surface area contributed by atoms with Gasteiger partial charge in [-0.25, -0.2) is 4.79 Å². The van der Waals surface area contributed by atoms with Crippen LogP contribution in [0.2, 0.25) is 0 Å². The van der Waals surface area contributed by atoms with Gasteiger partial charge in [-0.1, -0.05) is 30.3 Å². The van der Waals surface area contributed by atoms with Crippen LogP contribution in [0.1, 0.15) is 35.4 Å². The Kier molecular flexibility index (Phi) is 5.37. The number of carboxylic acids is 1. The SMILES string of the molecule is Cc1nn(Cc2ccccc2)c(C)c1CNC(=O)[C@@H]1CC[C@H](C(=O)O)O1. The maximum atomic E-state index is 12.3. The number of hydrogen-bond acceptors (Lipinski definition) is 4. The van der Waals surface area contributed by atoms with E-state index in [0.717, 1.165) is 22.5 Å². The van der Waals surface area contributed by atoms with Crippen LogP contribution in [0, 0.1) is 13.8 Å². The Bertz CT molecular complexity index is 801. The van der Waals surface area contributed by atoms with E-state index in [9.17, 15) is 9.59 Å². The maximum Gasteiger partial charge on any atom is 0.332 e. The largest absolute Gasteiger partial charge is 0.479 e. The van der Waals surface area contributed by atoms with Crippen LogP contribution >= 0.6 is 0 Å². The quantitative estimate of drug-likeness (QED) is 0.822. The molecule has 0 aliphatic carbocycles. The van der Waals surface area contributed by atoms with E-state index in [1.54, 1.807) is 0 Å². The van der Waals surface area contributed by atoms with Crippen LogP contribution in [0.15, 0.2) is 30.3 Å². The van der Waals surface area contributed by atoms with Crippen LogP contribution < -0.4 is 5.32 Å². The van der Waals surface area contributed by atoms with E-state index in [1.165, 1.54) is 0 Å². The molecule has 0 bridgehead atoms. The van der Waals surface area contributed by atoms with Gasteiger partial charge < -0.3 is 15.2 Å². The lowest BCUT2D eigenvalue weighted by Gasteiger charge is -2.12. The molecule has 2 aromatic rings. The van der Waals surface area contributed by atoms with Crippen LogP contribution in [-0.2, 0) is 27.4 Å². The highest BCUT2D eigenvalue weighted by molar-refractivity contribution is 5.82. The number of amides is 1. The first kappa shape index (κ1) is 18.1. The Balaban J connectivity index is 1.62. The van der Waals surface area contributed by atoms with E-state index < -0.39 is 18.2 Å². The fourth-order valence-corrected chi connectivity index (χ4v) is 3.20. The first-order chi connectivity index (χ1) is 12.5. The van der Waals surface area contributed by atoms with E-state index >= 15 is 0 Å². The number of carbonyl (C=O) groups excluding carboxylic acids is 1. The highest BCUT2D eigenvalue weighted by atomic mass is 16.5. The molecule has 1 fully saturated rings. The second kappa shape index (κ2) is 7.70. The van der Waals surface area contributed by atoms with Crippen molar-refractivity contribution in [3.8, 4) is 0 Å². The molecule has 3 rings (SSSR count). The predicted molar refractivity (Wildman–Crippen MR) is 94.6 cm³/mol. The van der Waals surface area contributed by atoms with Crippen molar-refractivity contribution >= 4 is 11.9 Å². The first-order valence-corrected chi connectivity index (χ1v) is 8.68. The molecule has 138 valence electrons. The minimum Gasteiger partial charge on any atom is -0.479 e. The average Bonchev–Trinajstić information content (AvgIpc) is 3.21. The molecule has 26 heavy (non-hydrogen) atoms. The first-order valence-electron chi connectivity index (χ1n) is 8.68. The fourth-order valence-electron chi connectivity index (χ4n) is 3.20. The molecular weight excluding hydrogens is 334 g/mol. The minimum atomic E-state index is -1.02. The van der Waals surface area contributed by atoms with Gasteiger partial charge in [0.15, 0.2) is 6.10 Å². The number of aliphatic carboxylic acids is 1. The lowest BCUT2D eigenvalue weighted by atomic mass is 10.1. The van der Waals surface area contributed by atoms with Gasteiger partial charge in [-0.3, -0.25) is 9.48 Å². The number of nitrogens with zero attached hydrogens (tertiary/aromatic N) is 2. The molecule has 2 heterocycles. The maximum absolute atomic E-state index is 12.3. The van der Waals surface area contributed by atoms with Gasteiger partial charge in [-0.2, -0.15) is 5.10 Å². The van der Waals surface area contributed by atoms with Gasteiger partial charge in [0.2, 0.25) is 5.91 Å². The molecule has 0 spiro atoms. The summed E-state index contributed by atoms with van der Waals surface area (Å²) in [4.78, 5) is 23.2. The average molecular weight is 357 g/mol. The van der Waals surface area contributed by atoms with Crippen molar-refractivity contribution in [3.05, 3.63) is 52.8 Å². The summed E-state index contributed by atoms with van der Waals surface area (Å²) in [6, 6.07) is 10.1. The molecule has 1 aliphatic heterocycles.